The van der Waals surface area contributed by atoms with E-state index in [1.54, 1.807) is 4.68 Å². The fourth-order valence-electron chi connectivity index (χ4n) is 2.81. The van der Waals surface area contributed by atoms with Crippen molar-refractivity contribution >= 4 is 34.4 Å². The van der Waals surface area contributed by atoms with E-state index in [9.17, 15) is 4.79 Å². The van der Waals surface area contributed by atoms with Gasteiger partial charge in [0.15, 0.2) is 11.5 Å². The van der Waals surface area contributed by atoms with Gasteiger partial charge in [0.2, 0.25) is 5.91 Å². The molecule has 0 saturated heterocycles. The Bertz CT molecular complexity index is 1120. The smallest absolute Gasteiger partial charge is 0.222 e. The van der Waals surface area contributed by atoms with E-state index in [0.29, 0.717) is 34.2 Å². The maximum Gasteiger partial charge on any atom is 0.222 e. The van der Waals surface area contributed by atoms with Crippen LogP contribution in [0.1, 0.15) is 12.5 Å². The number of benzene rings is 2. The van der Waals surface area contributed by atoms with Gasteiger partial charge in [0.25, 0.3) is 0 Å². The van der Waals surface area contributed by atoms with Crippen molar-refractivity contribution in [3.63, 3.8) is 0 Å². The van der Waals surface area contributed by atoms with Crippen molar-refractivity contribution in [3.05, 3.63) is 71.4 Å². The van der Waals surface area contributed by atoms with E-state index in [1.807, 2.05) is 60.8 Å². The molecule has 0 aliphatic carbocycles. The summed E-state index contributed by atoms with van der Waals surface area (Å²) in [4.78, 5) is 20.7. The normalized spacial score (nSPS) is 10.9. The van der Waals surface area contributed by atoms with Crippen LogP contribution in [0.25, 0.3) is 22.4 Å². The first-order valence-electron chi connectivity index (χ1n) is 8.42. The number of aromatic nitrogens is 4. The van der Waals surface area contributed by atoms with Crippen LogP contribution in [0, 0.1) is 0 Å². The van der Waals surface area contributed by atoms with E-state index in [-0.39, 0.29) is 5.91 Å². The van der Waals surface area contributed by atoms with Crippen LogP contribution in [-0.4, -0.2) is 25.7 Å². The predicted octanol–water partition coefficient (Wildman–Crippen LogP) is 4.15. The van der Waals surface area contributed by atoms with Gasteiger partial charge in [-0.2, -0.15) is 5.10 Å². The average molecular weight is 378 g/mol. The van der Waals surface area contributed by atoms with Gasteiger partial charge >= 0.3 is 0 Å². The monoisotopic (exact) mass is 377 g/mol. The average Bonchev–Trinajstić information content (AvgIpc) is 3.07. The molecule has 27 heavy (non-hydrogen) atoms. The lowest BCUT2D eigenvalue weighted by Crippen LogP contribution is -2.08. The molecule has 2 aromatic heterocycles. The molecular formula is C20H16ClN5O. The van der Waals surface area contributed by atoms with Gasteiger partial charge in [0, 0.05) is 23.7 Å². The van der Waals surface area contributed by atoms with Crippen LogP contribution >= 0.6 is 11.6 Å². The molecule has 4 rings (SSSR count). The zero-order valence-electron chi connectivity index (χ0n) is 14.6. The number of halogens is 1. The molecule has 134 valence electrons. The number of fused-ring (bicyclic) bond motifs is 1. The van der Waals surface area contributed by atoms with Gasteiger partial charge < -0.3 is 5.32 Å². The molecule has 0 aliphatic heterocycles. The summed E-state index contributed by atoms with van der Waals surface area (Å²) in [6.07, 6.45) is 1.82. The minimum Gasteiger partial charge on any atom is -0.310 e. The van der Waals surface area contributed by atoms with Crippen molar-refractivity contribution in [2.45, 2.75) is 13.5 Å². The Labute approximate surface area is 160 Å². The Morgan fingerprint density at radius 2 is 1.81 bits per heavy atom. The van der Waals surface area contributed by atoms with E-state index >= 15 is 0 Å². The second-order valence-electron chi connectivity index (χ2n) is 6.10. The molecule has 7 heteroatoms. The summed E-state index contributed by atoms with van der Waals surface area (Å²) in [5.74, 6) is 0.750. The highest BCUT2D eigenvalue weighted by Crippen LogP contribution is 2.25. The number of carbonyl (C=O) groups excluding carboxylic acids is 1. The van der Waals surface area contributed by atoms with Crippen molar-refractivity contribution in [1.29, 1.82) is 0 Å². The van der Waals surface area contributed by atoms with Gasteiger partial charge in [-0.1, -0.05) is 60.1 Å². The lowest BCUT2D eigenvalue weighted by atomic mass is 10.2. The van der Waals surface area contributed by atoms with Crippen molar-refractivity contribution in [3.8, 4) is 11.4 Å². The number of rotatable bonds is 4. The van der Waals surface area contributed by atoms with Crippen LogP contribution in [0.15, 0.2) is 60.8 Å². The molecule has 0 fully saturated rings. The third-order valence-electron chi connectivity index (χ3n) is 4.04. The second kappa shape index (κ2) is 7.17. The Morgan fingerprint density at radius 1 is 1.07 bits per heavy atom. The van der Waals surface area contributed by atoms with Crippen molar-refractivity contribution in [2.75, 3.05) is 5.32 Å². The number of hydrogen-bond acceptors (Lipinski definition) is 4. The highest BCUT2D eigenvalue weighted by atomic mass is 35.5. The topological polar surface area (TPSA) is 72.7 Å². The second-order valence-corrected chi connectivity index (χ2v) is 6.51. The van der Waals surface area contributed by atoms with Crippen LogP contribution in [0.3, 0.4) is 0 Å². The van der Waals surface area contributed by atoms with Crippen LogP contribution in [-0.2, 0) is 11.3 Å². The van der Waals surface area contributed by atoms with Gasteiger partial charge in [-0.15, -0.1) is 0 Å². The number of hydrogen-bond donors (Lipinski definition) is 1. The molecular weight excluding hydrogens is 362 g/mol. The van der Waals surface area contributed by atoms with Crippen molar-refractivity contribution < 1.29 is 4.79 Å². The number of nitrogens with one attached hydrogen (secondary N) is 1. The molecule has 0 aliphatic rings. The van der Waals surface area contributed by atoms with Crippen LogP contribution in [0.5, 0.6) is 0 Å². The molecule has 0 bridgehead atoms. The summed E-state index contributed by atoms with van der Waals surface area (Å²) >= 11 is 6.25. The van der Waals surface area contributed by atoms with Gasteiger partial charge in [0.1, 0.15) is 5.82 Å². The Kier molecular flexibility index (Phi) is 4.56. The summed E-state index contributed by atoms with van der Waals surface area (Å²) in [6.45, 7) is 1.94. The summed E-state index contributed by atoms with van der Waals surface area (Å²) in [5, 5.41) is 8.69. The van der Waals surface area contributed by atoms with E-state index in [1.165, 1.54) is 6.92 Å². The van der Waals surface area contributed by atoms with E-state index in [0.717, 1.165) is 11.1 Å². The predicted molar refractivity (Wildman–Crippen MR) is 106 cm³/mol. The Hall–Kier alpha value is -3.25. The third kappa shape index (κ3) is 3.66. The standard InChI is InChI=1S/C20H16ClN5O/c1-13(27)22-19-16-12-26(11-15-9-5-6-10-17(15)21)25-20(16)24-18(23-19)14-7-3-2-4-8-14/h2-10,12H,11H2,1H3,(H,22,23,24,25,27). The molecule has 2 aromatic carbocycles. The molecule has 6 nitrogen and oxygen atoms in total. The van der Waals surface area contributed by atoms with E-state index in [4.69, 9.17) is 11.6 Å². The zero-order chi connectivity index (χ0) is 18.8. The number of anilines is 1. The first-order chi connectivity index (χ1) is 13.1. The summed E-state index contributed by atoms with van der Waals surface area (Å²) in [5.41, 5.74) is 2.32. The molecule has 0 atom stereocenters. The van der Waals surface area contributed by atoms with Crippen LogP contribution < -0.4 is 5.32 Å². The summed E-state index contributed by atoms with van der Waals surface area (Å²) < 4.78 is 1.75. The van der Waals surface area contributed by atoms with Crippen molar-refractivity contribution in [1.82, 2.24) is 19.7 Å². The van der Waals surface area contributed by atoms with Gasteiger partial charge in [-0.3, -0.25) is 9.48 Å². The first-order valence-corrected chi connectivity index (χ1v) is 8.79. The number of carbonyl (C=O) groups is 1. The van der Waals surface area contributed by atoms with Crippen LogP contribution in [0.4, 0.5) is 5.82 Å². The first kappa shape index (κ1) is 17.2. The maximum absolute atomic E-state index is 11.6. The highest BCUT2D eigenvalue weighted by molar-refractivity contribution is 6.31. The quantitative estimate of drug-likeness (QED) is 0.579. The summed E-state index contributed by atoms with van der Waals surface area (Å²) in [6, 6.07) is 17.2. The van der Waals surface area contributed by atoms with Crippen molar-refractivity contribution in [2.24, 2.45) is 0 Å². The Morgan fingerprint density at radius 3 is 2.56 bits per heavy atom. The lowest BCUT2D eigenvalue weighted by Gasteiger charge is -2.05. The molecule has 2 heterocycles. The van der Waals surface area contributed by atoms with Gasteiger partial charge in [0.05, 0.1) is 11.9 Å². The minimum absolute atomic E-state index is 0.201. The van der Waals surface area contributed by atoms with Crippen LogP contribution in [0.2, 0.25) is 5.02 Å². The minimum atomic E-state index is -0.201. The Balaban J connectivity index is 1.81. The number of nitrogens with zero attached hydrogens (tertiary/aromatic N) is 4. The molecule has 4 aromatic rings. The third-order valence-corrected chi connectivity index (χ3v) is 4.41. The largest absolute Gasteiger partial charge is 0.310 e. The van der Waals surface area contributed by atoms with E-state index < -0.39 is 0 Å². The fraction of sp³-hybridized carbons (Fsp3) is 0.100. The molecule has 0 unspecified atom stereocenters. The molecule has 1 amide bonds. The van der Waals surface area contributed by atoms with Gasteiger partial charge in [-0.05, 0) is 11.6 Å². The SMILES string of the molecule is CC(=O)Nc1nc(-c2ccccc2)nc2nn(Cc3ccccc3Cl)cc12. The fourth-order valence-corrected chi connectivity index (χ4v) is 3.01. The lowest BCUT2D eigenvalue weighted by molar-refractivity contribution is -0.114. The maximum atomic E-state index is 11.6. The molecule has 0 radical (unpaired) electrons. The molecule has 1 N–H and O–H groups in total. The summed E-state index contributed by atoms with van der Waals surface area (Å²) in [7, 11) is 0. The van der Waals surface area contributed by atoms with Gasteiger partial charge in [-0.25, -0.2) is 9.97 Å². The highest BCUT2D eigenvalue weighted by Gasteiger charge is 2.14. The molecule has 0 spiro atoms. The van der Waals surface area contributed by atoms with E-state index in [2.05, 4.69) is 20.4 Å². The molecule has 0 saturated carbocycles. The zero-order valence-corrected chi connectivity index (χ0v) is 15.3. The number of amides is 1.